The highest BCUT2D eigenvalue weighted by Crippen LogP contribution is 2.30. The van der Waals surface area contributed by atoms with Crippen LogP contribution >= 0.6 is 0 Å². The van der Waals surface area contributed by atoms with Crippen molar-refractivity contribution < 1.29 is 14.3 Å². The fourth-order valence-corrected chi connectivity index (χ4v) is 2.29. The van der Waals surface area contributed by atoms with Gasteiger partial charge >= 0.3 is 0 Å². The number of ether oxygens (including phenoxy) is 2. The molecule has 1 aromatic heterocycles. The van der Waals surface area contributed by atoms with Crippen molar-refractivity contribution in [3.8, 4) is 17.2 Å². The third-order valence-electron chi connectivity index (χ3n) is 3.69. The minimum absolute atomic E-state index is 0.258. The molecule has 3 aromatic rings. The van der Waals surface area contributed by atoms with Gasteiger partial charge in [-0.2, -0.15) is 0 Å². The van der Waals surface area contributed by atoms with Gasteiger partial charge in [-0.15, -0.1) is 0 Å². The highest BCUT2D eigenvalue weighted by molar-refractivity contribution is 5.91. The molecule has 1 heterocycles. The molecule has 0 atom stereocenters. The van der Waals surface area contributed by atoms with Crippen LogP contribution in [-0.2, 0) is 6.54 Å². The third kappa shape index (κ3) is 4.36. The van der Waals surface area contributed by atoms with Crippen molar-refractivity contribution in [2.45, 2.75) is 13.5 Å². The van der Waals surface area contributed by atoms with Crippen LogP contribution in [0.25, 0.3) is 0 Å². The number of benzene rings is 2. The first-order valence-corrected chi connectivity index (χ1v) is 8.12. The smallest absolute Gasteiger partial charge is 0.271 e. The molecule has 0 spiro atoms. The van der Waals surface area contributed by atoms with E-state index in [0.29, 0.717) is 29.5 Å². The highest BCUT2D eigenvalue weighted by atomic mass is 16.5. The summed E-state index contributed by atoms with van der Waals surface area (Å²) < 4.78 is 11.1. The van der Waals surface area contributed by atoms with E-state index in [1.165, 1.54) is 6.20 Å². The summed E-state index contributed by atoms with van der Waals surface area (Å²) >= 11 is 0. The number of aryl methyl sites for hydroxylation is 1. The summed E-state index contributed by atoms with van der Waals surface area (Å²) in [6.45, 7) is 2.21. The molecule has 1 amide bonds. The fourth-order valence-electron chi connectivity index (χ4n) is 2.29. The molecule has 0 saturated carbocycles. The average molecular weight is 349 g/mol. The standard InChI is InChI=1S/C20H19N3O3/c1-14-11-22-17(13-21-14)20(24)23-12-15-7-9-16(10-8-15)26-19-6-4-3-5-18(19)25-2/h3-11,13H,12H2,1-2H3,(H,23,24). The van der Waals surface area contributed by atoms with Crippen molar-refractivity contribution in [3.63, 3.8) is 0 Å². The lowest BCUT2D eigenvalue weighted by atomic mass is 10.2. The first-order valence-electron chi connectivity index (χ1n) is 8.12. The van der Waals surface area contributed by atoms with E-state index in [-0.39, 0.29) is 5.91 Å². The van der Waals surface area contributed by atoms with Gasteiger partial charge in [0.25, 0.3) is 5.91 Å². The molecule has 2 aromatic carbocycles. The zero-order valence-electron chi connectivity index (χ0n) is 14.6. The molecule has 1 N–H and O–H groups in total. The summed E-state index contributed by atoms with van der Waals surface area (Å²) in [5.41, 5.74) is 2.02. The van der Waals surface area contributed by atoms with Crippen LogP contribution in [0, 0.1) is 6.92 Å². The number of amides is 1. The number of carbonyl (C=O) groups excluding carboxylic acids is 1. The Kier molecular flexibility index (Phi) is 5.43. The van der Waals surface area contributed by atoms with E-state index >= 15 is 0 Å². The number of hydrogen-bond acceptors (Lipinski definition) is 5. The first kappa shape index (κ1) is 17.4. The quantitative estimate of drug-likeness (QED) is 0.737. The summed E-state index contributed by atoms with van der Waals surface area (Å²) in [4.78, 5) is 20.2. The molecular weight excluding hydrogens is 330 g/mol. The molecule has 0 unspecified atom stereocenters. The van der Waals surface area contributed by atoms with Gasteiger partial charge in [0.2, 0.25) is 0 Å². The van der Waals surface area contributed by atoms with Crippen LogP contribution in [-0.4, -0.2) is 23.0 Å². The zero-order valence-corrected chi connectivity index (χ0v) is 14.6. The lowest BCUT2D eigenvalue weighted by molar-refractivity contribution is 0.0945. The predicted octanol–water partition coefficient (Wildman–Crippen LogP) is 3.52. The lowest BCUT2D eigenvalue weighted by Gasteiger charge is -2.10. The van der Waals surface area contributed by atoms with Crippen molar-refractivity contribution in [1.82, 2.24) is 15.3 Å². The second-order valence-corrected chi connectivity index (χ2v) is 5.62. The predicted molar refractivity (Wildman–Crippen MR) is 97.4 cm³/mol. The van der Waals surface area contributed by atoms with Gasteiger partial charge in [0.1, 0.15) is 11.4 Å². The first-order chi connectivity index (χ1) is 12.7. The van der Waals surface area contributed by atoms with Crippen LogP contribution in [0.3, 0.4) is 0 Å². The van der Waals surface area contributed by atoms with E-state index in [1.807, 2.05) is 55.5 Å². The second kappa shape index (κ2) is 8.11. The Hall–Kier alpha value is -3.41. The van der Waals surface area contributed by atoms with Gasteiger partial charge in [-0.05, 0) is 36.8 Å². The summed E-state index contributed by atoms with van der Waals surface area (Å²) in [5, 5.41) is 2.82. The molecule has 0 radical (unpaired) electrons. The highest BCUT2D eigenvalue weighted by Gasteiger charge is 2.08. The van der Waals surface area contributed by atoms with Gasteiger partial charge in [-0.25, -0.2) is 4.98 Å². The lowest BCUT2D eigenvalue weighted by Crippen LogP contribution is -2.24. The Labute approximate surface area is 151 Å². The van der Waals surface area contributed by atoms with E-state index in [1.54, 1.807) is 13.3 Å². The van der Waals surface area contributed by atoms with Crippen molar-refractivity contribution in [1.29, 1.82) is 0 Å². The number of carbonyl (C=O) groups is 1. The number of hydrogen-bond donors (Lipinski definition) is 1. The molecule has 0 aliphatic rings. The van der Waals surface area contributed by atoms with E-state index in [9.17, 15) is 4.79 Å². The second-order valence-electron chi connectivity index (χ2n) is 5.62. The van der Waals surface area contributed by atoms with Gasteiger partial charge < -0.3 is 14.8 Å². The van der Waals surface area contributed by atoms with Crippen LogP contribution in [0.15, 0.2) is 60.9 Å². The molecule has 6 heteroatoms. The number of aromatic nitrogens is 2. The Balaban J connectivity index is 1.59. The fraction of sp³-hybridized carbons (Fsp3) is 0.150. The van der Waals surface area contributed by atoms with Gasteiger partial charge in [-0.1, -0.05) is 24.3 Å². The monoisotopic (exact) mass is 349 g/mol. The van der Waals surface area contributed by atoms with Crippen molar-refractivity contribution >= 4 is 5.91 Å². The maximum absolute atomic E-state index is 12.1. The van der Waals surface area contributed by atoms with Crippen LogP contribution in [0.2, 0.25) is 0 Å². The Morgan fingerprint density at radius 2 is 1.73 bits per heavy atom. The maximum atomic E-state index is 12.1. The molecular formula is C20H19N3O3. The Morgan fingerprint density at radius 3 is 2.38 bits per heavy atom. The van der Waals surface area contributed by atoms with E-state index in [2.05, 4.69) is 15.3 Å². The van der Waals surface area contributed by atoms with Gasteiger partial charge in [0, 0.05) is 12.7 Å². The zero-order chi connectivity index (χ0) is 18.4. The third-order valence-corrected chi connectivity index (χ3v) is 3.69. The average Bonchev–Trinajstić information content (AvgIpc) is 2.68. The largest absolute Gasteiger partial charge is 0.493 e. The van der Waals surface area contributed by atoms with Crippen LogP contribution in [0.1, 0.15) is 21.7 Å². The topological polar surface area (TPSA) is 73.3 Å². The summed E-state index contributed by atoms with van der Waals surface area (Å²) in [7, 11) is 1.60. The Bertz CT molecular complexity index is 878. The molecule has 0 aliphatic heterocycles. The van der Waals surface area contributed by atoms with E-state index in [0.717, 1.165) is 11.3 Å². The summed E-state index contributed by atoms with van der Waals surface area (Å²) in [5.74, 6) is 1.75. The summed E-state index contributed by atoms with van der Waals surface area (Å²) in [6, 6.07) is 14.9. The normalized spacial score (nSPS) is 10.2. The molecule has 26 heavy (non-hydrogen) atoms. The van der Waals surface area contributed by atoms with Crippen LogP contribution in [0.5, 0.6) is 17.2 Å². The number of rotatable bonds is 6. The van der Waals surface area contributed by atoms with Gasteiger partial charge in [0.15, 0.2) is 11.5 Å². The number of methoxy groups -OCH3 is 1. The van der Waals surface area contributed by atoms with Gasteiger partial charge in [-0.3, -0.25) is 9.78 Å². The van der Waals surface area contributed by atoms with Crippen molar-refractivity contribution in [2.75, 3.05) is 7.11 Å². The maximum Gasteiger partial charge on any atom is 0.271 e. The van der Waals surface area contributed by atoms with E-state index < -0.39 is 0 Å². The Morgan fingerprint density at radius 1 is 1.00 bits per heavy atom. The minimum atomic E-state index is -0.258. The van der Waals surface area contributed by atoms with Gasteiger partial charge in [0.05, 0.1) is 19.0 Å². The van der Waals surface area contributed by atoms with Crippen LogP contribution < -0.4 is 14.8 Å². The molecule has 3 rings (SSSR count). The number of nitrogens with one attached hydrogen (secondary N) is 1. The van der Waals surface area contributed by atoms with E-state index in [4.69, 9.17) is 9.47 Å². The SMILES string of the molecule is COc1ccccc1Oc1ccc(CNC(=O)c2cnc(C)cn2)cc1. The number of para-hydroxylation sites is 2. The number of nitrogens with zero attached hydrogens (tertiary/aromatic N) is 2. The molecule has 0 saturated heterocycles. The molecule has 6 nitrogen and oxygen atoms in total. The van der Waals surface area contributed by atoms with Crippen LogP contribution in [0.4, 0.5) is 0 Å². The van der Waals surface area contributed by atoms with Crippen molar-refractivity contribution in [3.05, 3.63) is 77.9 Å². The summed E-state index contributed by atoms with van der Waals surface area (Å²) in [6.07, 6.45) is 3.04. The minimum Gasteiger partial charge on any atom is -0.493 e. The molecule has 0 aliphatic carbocycles. The van der Waals surface area contributed by atoms with Crippen molar-refractivity contribution in [2.24, 2.45) is 0 Å². The molecule has 0 fully saturated rings. The molecule has 0 bridgehead atoms. The molecule has 132 valence electrons.